The molecule has 0 bridgehead atoms. The number of aliphatic hydroxyl groups excluding tert-OH is 1. The molecule has 1 saturated heterocycles. The van der Waals surface area contributed by atoms with Crippen molar-refractivity contribution in [2.24, 2.45) is 5.73 Å². The van der Waals surface area contributed by atoms with Crippen LogP contribution in [0, 0.1) is 0 Å². The van der Waals surface area contributed by atoms with E-state index in [0.29, 0.717) is 19.5 Å². The molecular weight excluding hydrogens is 228 g/mol. The van der Waals surface area contributed by atoms with Gasteiger partial charge in [-0.2, -0.15) is 0 Å². The highest BCUT2D eigenvalue weighted by molar-refractivity contribution is 5.95. The number of nitrogens with two attached hydrogens (primary N) is 1. The van der Waals surface area contributed by atoms with E-state index in [4.69, 9.17) is 5.73 Å². The molecule has 0 saturated carbocycles. The molecule has 3 N–H and O–H groups in total. The number of β-amino-alcohol motifs (C(OH)–C–C–N with tert-alkyl or cyclic N) is 1. The number of carbonyl (C=O) groups excluding carboxylic acids is 1. The van der Waals surface area contributed by atoms with Crippen LogP contribution in [0.4, 0.5) is 0 Å². The third-order valence-electron chi connectivity index (χ3n) is 3.35. The van der Waals surface area contributed by atoms with Gasteiger partial charge in [0.15, 0.2) is 0 Å². The molecular formula is C14H20N2O2. The van der Waals surface area contributed by atoms with E-state index in [1.807, 2.05) is 24.3 Å². The van der Waals surface area contributed by atoms with Crippen molar-refractivity contribution in [3.63, 3.8) is 0 Å². The normalized spacial score (nSPS) is 19.9. The van der Waals surface area contributed by atoms with Crippen LogP contribution < -0.4 is 5.73 Å². The highest BCUT2D eigenvalue weighted by atomic mass is 16.3. The van der Waals surface area contributed by atoms with Gasteiger partial charge in [0, 0.05) is 18.7 Å². The number of amides is 1. The number of hydrogen-bond donors (Lipinski definition) is 2. The summed E-state index contributed by atoms with van der Waals surface area (Å²) < 4.78 is 0. The molecule has 1 aliphatic rings. The SMILES string of the molecule is NCCc1ccccc1C(=O)N1CCCC(O)C1. The molecule has 98 valence electrons. The molecule has 1 aromatic rings. The summed E-state index contributed by atoms with van der Waals surface area (Å²) in [6.07, 6.45) is 1.97. The maximum absolute atomic E-state index is 12.4. The van der Waals surface area contributed by atoms with E-state index in [1.54, 1.807) is 4.90 Å². The molecule has 1 aliphatic heterocycles. The summed E-state index contributed by atoms with van der Waals surface area (Å²) >= 11 is 0. The Morgan fingerprint density at radius 3 is 2.94 bits per heavy atom. The van der Waals surface area contributed by atoms with Crippen LogP contribution in [-0.4, -0.2) is 41.7 Å². The zero-order valence-electron chi connectivity index (χ0n) is 10.5. The first kappa shape index (κ1) is 13.1. The second-order valence-corrected chi connectivity index (χ2v) is 4.74. The van der Waals surface area contributed by atoms with E-state index in [-0.39, 0.29) is 12.0 Å². The van der Waals surface area contributed by atoms with Crippen LogP contribution in [0.15, 0.2) is 24.3 Å². The molecule has 4 nitrogen and oxygen atoms in total. The van der Waals surface area contributed by atoms with Crippen LogP contribution in [0.25, 0.3) is 0 Å². The predicted molar refractivity (Wildman–Crippen MR) is 70.3 cm³/mol. The second-order valence-electron chi connectivity index (χ2n) is 4.74. The smallest absolute Gasteiger partial charge is 0.254 e. The predicted octanol–water partition coefficient (Wildman–Crippen LogP) is 0.785. The van der Waals surface area contributed by atoms with Gasteiger partial charge in [-0.3, -0.25) is 4.79 Å². The molecule has 1 aromatic carbocycles. The number of hydrogen-bond acceptors (Lipinski definition) is 3. The fourth-order valence-corrected chi connectivity index (χ4v) is 2.41. The van der Waals surface area contributed by atoms with Gasteiger partial charge in [0.25, 0.3) is 5.91 Å². The Hall–Kier alpha value is -1.39. The summed E-state index contributed by atoms with van der Waals surface area (Å²) in [7, 11) is 0. The number of piperidine rings is 1. The summed E-state index contributed by atoms with van der Waals surface area (Å²) in [6, 6.07) is 7.58. The zero-order chi connectivity index (χ0) is 13.0. The van der Waals surface area contributed by atoms with Crippen molar-refractivity contribution in [1.29, 1.82) is 0 Å². The molecule has 1 heterocycles. The summed E-state index contributed by atoms with van der Waals surface area (Å²) in [5, 5.41) is 9.63. The Labute approximate surface area is 107 Å². The number of rotatable bonds is 3. The van der Waals surface area contributed by atoms with Gasteiger partial charge in [-0.05, 0) is 37.4 Å². The van der Waals surface area contributed by atoms with Gasteiger partial charge in [-0.15, -0.1) is 0 Å². The molecule has 2 rings (SSSR count). The quantitative estimate of drug-likeness (QED) is 0.831. The van der Waals surface area contributed by atoms with Gasteiger partial charge in [-0.25, -0.2) is 0 Å². The molecule has 0 aliphatic carbocycles. The molecule has 0 radical (unpaired) electrons. The maximum atomic E-state index is 12.4. The number of carbonyl (C=O) groups is 1. The first-order valence-electron chi connectivity index (χ1n) is 6.47. The number of benzene rings is 1. The Bertz CT molecular complexity index is 420. The minimum Gasteiger partial charge on any atom is -0.391 e. The molecule has 18 heavy (non-hydrogen) atoms. The Kier molecular flexibility index (Phi) is 4.33. The molecule has 1 atom stereocenters. The van der Waals surface area contributed by atoms with E-state index in [1.165, 1.54) is 0 Å². The third-order valence-corrected chi connectivity index (χ3v) is 3.35. The van der Waals surface area contributed by atoms with Gasteiger partial charge in [0.05, 0.1) is 6.10 Å². The van der Waals surface area contributed by atoms with Gasteiger partial charge in [0.2, 0.25) is 0 Å². The summed E-state index contributed by atoms with van der Waals surface area (Å²) in [6.45, 7) is 1.70. The standard InChI is InChI=1S/C14H20N2O2/c15-8-7-11-4-1-2-6-13(11)14(18)16-9-3-5-12(17)10-16/h1-2,4,6,12,17H,3,5,7-10,15H2. The number of nitrogens with zero attached hydrogens (tertiary/aromatic N) is 1. The Balaban J connectivity index is 2.17. The van der Waals surface area contributed by atoms with E-state index < -0.39 is 0 Å². The average molecular weight is 248 g/mol. The zero-order valence-corrected chi connectivity index (χ0v) is 10.5. The van der Waals surface area contributed by atoms with E-state index in [2.05, 4.69) is 0 Å². The van der Waals surface area contributed by atoms with Crippen molar-refractivity contribution < 1.29 is 9.90 Å². The van der Waals surface area contributed by atoms with Crippen LogP contribution in [0.2, 0.25) is 0 Å². The van der Waals surface area contributed by atoms with Crippen LogP contribution in [0.1, 0.15) is 28.8 Å². The van der Waals surface area contributed by atoms with Crippen molar-refractivity contribution in [2.75, 3.05) is 19.6 Å². The summed E-state index contributed by atoms with van der Waals surface area (Å²) in [5.41, 5.74) is 7.28. The van der Waals surface area contributed by atoms with Crippen LogP contribution >= 0.6 is 0 Å². The van der Waals surface area contributed by atoms with Gasteiger partial charge in [0.1, 0.15) is 0 Å². The summed E-state index contributed by atoms with van der Waals surface area (Å²) in [5.74, 6) is 0.0119. The van der Waals surface area contributed by atoms with Crippen LogP contribution in [0.5, 0.6) is 0 Å². The van der Waals surface area contributed by atoms with E-state index in [9.17, 15) is 9.90 Å². The van der Waals surface area contributed by atoms with Crippen molar-refractivity contribution in [3.8, 4) is 0 Å². The lowest BCUT2D eigenvalue weighted by molar-refractivity contribution is 0.0473. The first-order valence-corrected chi connectivity index (χ1v) is 6.47. The van der Waals surface area contributed by atoms with Crippen molar-refractivity contribution in [3.05, 3.63) is 35.4 Å². The molecule has 1 amide bonds. The lowest BCUT2D eigenvalue weighted by Gasteiger charge is -2.30. The Morgan fingerprint density at radius 1 is 1.44 bits per heavy atom. The molecule has 1 fully saturated rings. The molecule has 0 spiro atoms. The van der Waals surface area contributed by atoms with E-state index in [0.717, 1.165) is 30.5 Å². The minimum absolute atomic E-state index is 0.0119. The summed E-state index contributed by atoms with van der Waals surface area (Å²) in [4.78, 5) is 14.2. The lowest BCUT2D eigenvalue weighted by Crippen LogP contribution is -2.42. The fraction of sp³-hybridized carbons (Fsp3) is 0.500. The van der Waals surface area contributed by atoms with Gasteiger partial charge in [-0.1, -0.05) is 18.2 Å². The van der Waals surface area contributed by atoms with Gasteiger partial charge < -0.3 is 15.7 Å². The topological polar surface area (TPSA) is 66.6 Å². The maximum Gasteiger partial charge on any atom is 0.254 e. The first-order chi connectivity index (χ1) is 8.72. The van der Waals surface area contributed by atoms with E-state index >= 15 is 0 Å². The highest BCUT2D eigenvalue weighted by Gasteiger charge is 2.24. The second kappa shape index (κ2) is 5.98. The van der Waals surface area contributed by atoms with Gasteiger partial charge >= 0.3 is 0 Å². The Morgan fingerprint density at radius 2 is 2.22 bits per heavy atom. The lowest BCUT2D eigenvalue weighted by atomic mass is 10.0. The van der Waals surface area contributed by atoms with Crippen LogP contribution in [-0.2, 0) is 6.42 Å². The number of aliphatic hydroxyl groups is 1. The molecule has 1 unspecified atom stereocenters. The van der Waals surface area contributed by atoms with Crippen molar-refractivity contribution in [2.45, 2.75) is 25.4 Å². The average Bonchev–Trinajstić information content (AvgIpc) is 2.39. The third kappa shape index (κ3) is 2.89. The largest absolute Gasteiger partial charge is 0.391 e. The monoisotopic (exact) mass is 248 g/mol. The molecule has 0 aromatic heterocycles. The highest BCUT2D eigenvalue weighted by Crippen LogP contribution is 2.16. The fourth-order valence-electron chi connectivity index (χ4n) is 2.41. The number of likely N-dealkylation sites (tertiary alicyclic amines) is 1. The van der Waals surface area contributed by atoms with Crippen molar-refractivity contribution >= 4 is 5.91 Å². The van der Waals surface area contributed by atoms with Crippen LogP contribution in [0.3, 0.4) is 0 Å². The molecule has 4 heteroatoms. The van der Waals surface area contributed by atoms with Crippen molar-refractivity contribution in [1.82, 2.24) is 4.90 Å². The minimum atomic E-state index is -0.385.